The molecule has 2 heterocycles. The molecule has 1 aromatic carbocycles. The first-order chi connectivity index (χ1) is 12.0. The van der Waals surface area contributed by atoms with Crippen molar-refractivity contribution in [2.75, 3.05) is 13.7 Å². The summed E-state index contributed by atoms with van der Waals surface area (Å²) >= 11 is 0. The first-order valence-corrected chi connectivity index (χ1v) is 7.51. The first kappa shape index (κ1) is 18.5. The van der Waals surface area contributed by atoms with Gasteiger partial charge in [-0.1, -0.05) is 6.07 Å². The van der Waals surface area contributed by atoms with Crippen molar-refractivity contribution in [1.82, 2.24) is 10.2 Å². The van der Waals surface area contributed by atoms with Crippen LogP contribution in [0.2, 0.25) is 0 Å². The van der Waals surface area contributed by atoms with Gasteiger partial charge < -0.3 is 9.64 Å². The summed E-state index contributed by atoms with van der Waals surface area (Å²) in [7, 11) is 0.958. The number of fused-ring (bicyclic) bond motifs is 1. The predicted octanol–water partition coefficient (Wildman–Crippen LogP) is 0.543. The zero-order valence-electron chi connectivity index (χ0n) is 13.5. The molecule has 1 aromatic rings. The van der Waals surface area contributed by atoms with E-state index >= 15 is 0 Å². The number of nitrogens with one attached hydrogen (secondary N) is 1. The molecular weight excluding hydrogens is 335 g/mol. The van der Waals surface area contributed by atoms with E-state index in [4.69, 9.17) is 4.74 Å². The van der Waals surface area contributed by atoms with Crippen molar-refractivity contribution >= 4 is 24.0 Å². The fourth-order valence-electron chi connectivity index (χ4n) is 2.82. The van der Waals surface area contributed by atoms with Crippen LogP contribution in [0.1, 0.15) is 28.8 Å². The van der Waals surface area contributed by atoms with Crippen LogP contribution in [-0.4, -0.2) is 48.7 Å². The highest BCUT2D eigenvalue weighted by molar-refractivity contribution is 6.05. The van der Waals surface area contributed by atoms with Crippen LogP contribution in [-0.2, 0) is 25.9 Å². The molecular formula is C16H17FN2O6. The van der Waals surface area contributed by atoms with E-state index < -0.39 is 11.9 Å². The number of hydrogen-bond donors (Lipinski definition) is 1. The van der Waals surface area contributed by atoms with Crippen molar-refractivity contribution in [3.63, 3.8) is 0 Å². The Morgan fingerprint density at radius 2 is 2.08 bits per heavy atom. The fourth-order valence-corrected chi connectivity index (χ4v) is 2.82. The van der Waals surface area contributed by atoms with Crippen LogP contribution in [0.4, 0.5) is 4.53 Å². The Bertz CT molecular complexity index is 693. The predicted molar refractivity (Wildman–Crippen MR) is 82.2 cm³/mol. The van der Waals surface area contributed by atoms with Gasteiger partial charge in [-0.05, 0) is 23.1 Å². The Hall–Kier alpha value is -2.81. The second kappa shape index (κ2) is 8.34. The minimum Gasteiger partial charge on any atom is -0.486 e. The van der Waals surface area contributed by atoms with E-state index in [0.717, 1.165) is 7.11 Å². The van der Waals surface area contributed by atoms with E-state index in [1.807, 2.05) is 0 Å². The number of hydrogen-bond acceptors (Lipinski definition) is 6. The van der Waals surface area contributed by atoms with Crippen molar-refractivity contribution in [1.29, 1.82) is 0 Å². The van der Waals surface area contributed by atoms with Gasteiger partial charge in [-0.25, -0.2) is 0 Å². The lowest BCUT2D eigenvalue weighted by atomic mass is 10.0. The molecule has 0 spiro atoms. The lowest BCUT2D eigenvalue weighted by Gasteiger charge is -2.29. The molecule has 0 bridgehead atoms. The second-order valence-electron chi connectivity index (χ2n) is 5.31. The summed E-state index contributed by atoms with van der Waals surface area (Å²) in [5.41, 5.74) is 1.13. The number of amides is 3. The summed E-state index contributed by atoms with van der Waals surface area (Å²) in [5.74, 6) is -0.568. The van der Waals surface area contributed by atoms with Gasteiger partial charge in [0.2, 0.25) is 11.8 Å². The highest BCUT2D eigenvalue weighted by atomic mass is 19.3. The standard InChI is InChI=1S/C15H14N2O5.CH3FO/c18-6-7-22-12-3-1-2-9-10(12)8-17(15(9)21)11-4-5-13(19)16-14(11)20;1-3-2/h1-3,6,11H,4-5,7-8H2,(H,16,19,20);1H3. The van der Waals surface area contributed by atoms with Gasteiger partial charge in [0, 0.05) is 17.5 Å². The number of ether oxygens (including phenoxy) is 1. The van der Waals surface area contributed by atoms with Crippen LogP contribution in [0.25, 0.3) is 0 Å². The Kier molecular flexibility index (Phi) is 6.18. The van der Waals surface area contributed by atoms with E-state index in [9.17, 15) is 23.7 Å². The number of benzene rings is 1. The maximum absolute atomic E-state index is 12.5. The number of imide groups is 1. The topological polar surface area (TPSA) is 102 Å². The molecule has 1 fully saturated rings. The van der Waals surface area contributed by atoms with Crippen LogP contribution < -0.4 is 10.1 Å². The summed E-state index contributed by atoms with van der Waals surface area (Å²) in [6, 6.07) is 4.36. The van der Waals surface area contributed by atoms with Crippen LogP contribution >= 0.6 is 0 Å². The number of rotatable bonds is 4. The molecule has 1 N–H and O–H groups in total. The first-order valence-electron chi connectivity index (χ1n) is 7.51. The van der Waals surface area contributed by atoms with Gasteiger partial charge in [-0.3, -0.25) is 24.5 Å². The molecule has 9 heteroatoms. The Morgan fingerprint density at radius 3 is 2.72 bits per heavy atom. The molecule has 1 unspecified atom stereocenters. The van der Waals surface area contributed by atoms with Crippen LogP contribution in [0.3, 0.4) is 0 Å². The summed E-state index contributed by atoms with van der Waals surface area (Å²) in [6.45, 7) is 0.137. The summed E-state index contributed by atoms with van der Waals surface area (Å²) in [6.07, 6.45) is 1.16. The molecule has 0 saturated carbocycles. The molecule has 1 atom stereocenters. The van der Waals surface area contributed by atoms with Crippen molar-refractivity contribution < 1.29 is 33.4 Å². The van der Waals surface area contributed by atoms with Crippen molar-refractivity contribution in [3.05, 3.63) is 29.3 Å². The SMILES string of the molecule is COF.O=CCOc1cccc2c1CN(C1CCC(=O)NC1=O)C2=O. The lowest BCUT2D eigenvalue weighted by Crippen LogP contribution is -2.52. The fraction of sp³-hybridized carbons (Fsp3) is 0.375. The van der Waals surface area contributed by atoms with E-state index in [-0.39, 0.29) is 31.4 Å². The number of carbonyl (C=O) groups is 4. The van der Waals surface area contributed by atoms with Gasteiger partial charge in [0.05, 0.1) is 13.7 Å². The molecule has 25 heavy (non-hydrogen) atoms. The number of carbonyl (C=O) groups excluding carboxylic acids is 4. The highest BCUT2D eigenvalue weighted by Gasteiger charge is 2.40. The van der Waals surface area contributed by atoms with Crippen LogP contribution in [0.5, 0.6) is 5.75 Å². The van der Waals surface area contributed by atoms with E-state index in [2.05, 4.69) is 10.3 Å². The van der Waals surface area contributed by atoms with E-state index in [1.165, 1.54) is 4.90 Å². The van der Waals surface area contributed by atoms with E-state index in [1.54, 1.807) is 18.2 Å². The van der Waals surface area contributed by atoms with Gasteiger partial charge in [-0.2, -0.15) is 4.94 Å². The third-order valence-corrected chi connectivity index (χ3v) is 3.85. The van der Waals surface area contributed by atoms with Gasteiger partial charge in [-0.15, -0.1) is 0 Å². The number of aldehydes is 1. The molecule has 0 aromatic heterocycles. The van der Waals surface area contributed by atoms with Crippen LogP contribution in [0, 0.1) is 0 Å². The molecule has 3 amide bonds. The third-order valence-electron chi connectivity index (χ3n) is 3.85. The van der Waals surface area contributed by atoms with Gasteiger partial charge in [0.25, 0.3) is 5.91 Å². The monoisotopic (exact) mass is 352 g/mol. The largest absolute Gasteiger partial charge is 0.486 e. The smallest absolute Gasteiger partial charge is 0.255 e. The maximum atomic E-state index is 12.5. The molecule has 1 saturated heterocycles. The number of piperidine rings is 1. The van der Waals surface area contributed by atoms with E-state index in [0.29, 0.717) is 29.6 Å². The molecule has 134 valence electrons. The van der Waals surface area contributed by atoms with Crippen molar-refractivity contribution in [2.24, 2.45) is 0 Å². The Morgan fingerprint density at radius 1 is 1.36 bits per heavy atom. The summed E-state index contributed by atoms with van der Waals surface area (Å²) in [5, 5.41) is 2.25. The number of nitrogens with zero attached hydrogens (tertiary/aromatic N) is 1. The molecule has 2 aliphatic heterocycles. The second-order valence-corrected chi connectivity index (χ2v) is 5.31. The number of halogens is 1. The van der Waals surface area contributed by atoms with Crippen molar-refractivity contribution in [2.45, 2.75) is 25.4 Å². The third kappa shape index (κ3) is 4.00. The Balaban J connectivity index is 0.000000701. The zero-order valence-corrected chi connectivity index (χ0v) is 13.5. The zero-order chi connectivity index (χ0) is 18.4. The van der Waals surface area contributed by atoms with Gasteiger partial charge >= 0.3 is 0 Å². The van der Waals surface area contributed by atoms with Gasteiger partial charge in [0.1, 0.15) is 18.4 Å². The van der Waals surface area contributed by atoms with Crippen molar-refractivity contribution in [3.8, 4) is 5.75 Å². The molecule has 3 rings (SSSR count). The summed E-state index contributed by atoms with van der Waals surface area (Å²) in [4.78, 5) is 50.3. The highest BCUT2D eigenvalue weighted by Crippen LogP contribution is 2.33. The van der Waals surface area contributed by atoms with Crippen LogP contribution in [0.15, 0.2) is 18.2 Å². The lowest BCUT2D eigenvalue weighted by molar-refractivity contribution is -0.136. The minimum atomic E-state index is -0.656. The summed E-state index contributed by atoms with van der Waals surface area (Å²) < 4.78 is 15.1. The molecule has 2 aliphatic rings. The Labute approximate surface area is 142 Å². The molecule has 8 nitrogen and oxygen atoms in total. The average Bonchev–Trinajstić information content (AvgIpc) is 2.91. The average molecular weight is 352 g/mol. The molecule has 0 aliphatic carbocycles. The quantitative estimate of drug-likeness (QED) is 0.627. The normalized spacial score (nSPS) is 18.9. The van der Waals surface area contributed by atoms with Gasteiger partial charge in [0.15, 0.2) is 6.29 Å². The minimum absolute atomic E-state index is 0.0942. The maximum Gasteiger partial charge on any atom is 0.255 e. The molecule has 0 radical (unpaired) electrons.